The number of alkyl halides is 3. The molecule has 1 fully saturated rings. The number of thioether (sulfide) groups is 1. The smallest absolute Gasteiger partial charge is 0.497 e. The van der Waals surface area contributed by atoms with Gasteiger partial charge in [0.05, 0.1) is 18.5 Å². The third-order valence-corrected chi connectivity index (χ3v) is 8.19. The summed E-state index contributed by atoms with van der Waals surface area (Å²) < 4.78 is 48.1. The highest BCUT2D eigenvalue weighted by Crippen LogP contribution is 2.37. The van der Waals surface area contributed by atoms with E-state index in [-0.39, 0.29) is 17.7 Å². The van der Waals surface area contributed by atoms with Crippen molar-refractivity contribution in [3.05, 3.63) is 90.4 Å². The third kappa shape index (κ3) is 8.08. The molecular formula is C33H33F3N6O3S. The Hall–Kier alpha value is -4.78. The second-order valence-electron chi connectivity index (χ2n) is 10.8. The van der Waals surface area contributed by atoms with Gasteiger partial charge in [0.1, 0.15) is 17.8 Å². The fraction of sp³-hybridized carbons (Fsp3) is 0.273. The van der Waals surface area contributed by atoms with E-state index in [1.807, 2.05) is 36.4 Å². The summed E-state index contributed by atoms with van der Waals surface area (Å²) in [5.41, 5.74) is 4.24. The number of hydrogen-bond donors (Lipinski definition) is 1. The molecule has 2 amide bonds. The molecule has 240 valence electrons. The van der Waals surface area contributed by atoms with Gasteiger partial charge in [-0.25, -0.2) is 14.5 Å². The molecule has 4 aromatic rings. The van der Waals surface area contributed by atoms with E-state index in [0.29, 0.717) is 16.7 Å². The number of hydrogen-bond acceptors (Lipinski definition) is 6. The maximum Gasteiger partial charge on any atom is 0.573 e. The molecule has 1 aliphatic rings. The van der Waals surface area contributed by atoms with Crippen molar-refractivity contribution in [3.63, 3.8) is 0 Å². The average Bonchev–Trinajstić information content (AvgIpc) is 3.51. The molecule has 3 aromatic carbocycles. The lowest BCUT2D eigenvalue weighted by Gasteiger charge is -2.37. The number of carbonyl (C=O) groups is 1. The topological polar surface area (TPSA) is 93.9 Å². The molecule has 46 heavy (non-hydrogen) atoms. The highest BCUT2D eigenvalue weighted by atomic mass is 32.2. The van der Waals surface area contributed by atoms with Crippen LogP contribution >= 0.6 is 11.8 Å². The van der Waals surface area contributed by atoms with E-state index >= 15 is 0 Å². The lowest BCUT2D eigenvalue weighted by Crippen LogP contribution is -2.42. The Labute approximate surface area is 269 Å². The zero-order valence-electron chi connectivity index (χ0n) is 25.7. The van der Waals surface area contributed by atoms with Crippen LogP contribution in [0.2, 0.25) is 0 Å². The van der Waals surface area contributed by atoms with Crippen LogP contribution in [0, 0.1) is 0 Å². The number of anilines is 1. The second kappa shape index (κ2) is 14.1. The van der Waals surface area contributed by atoms with E-state index in [1.54, 1.807) is 31.1 Å². The number of benzene rings is 3. The van der Waals surface area contributed by atoms with Crippen LogP contribution in [0.15, 0.2) is 84.2 Å². The van der Waals surface area contributed by atoms with Crippen LogP contribution in [-0.4, -0.2) is 51.2 Å². The van der Waals surface area contributed by atoms with Gasteiger partial charge in [-0.05, 0) is 66.8 Å². The fourth-order valence-electron chi connectivity index (χ4n) is 4.87. The molecule has 1 aromatic heterocycles. The predicted molar refractivity (Wildman–Crippen MR) is 175 cm³/mol. The first kappa shape index (κ1) is 32.6. The van der Waals surface area contributed by atoms with Crippen molar-refractivity contribution in [2.24, 2.45) is 4.99 Å². The van der Waals surface area contributed by atoms with Crippen LogP contribution in [0.1, 0.15) is 44.2 Å². The lowest BCUT2D eigenvalue weighted by atomic mass is 9.99. The Morgan fingerprint density at radius 3 is 2.48 bits per heavy atom. The van der Waals surface area contributed by atoms with Gasteiger partial charge in [-0.1, -0.05) is 55.9 Å². The Morgan fingerprint density at radius 2 is 1.80 bits per heavy atom. The average molecular weight is 651 g/mol. The van der Waals surface area contributed by atoms with E-state index in [1.165, 1.54) is 35.3 Å². The molecular weight excluding hydrogens is 617 g/mol. The maximum atomic E-state index is 12.9. The monoisotopic (exact) mass is 650 g/mol. The molecule has 1 aliphatic heterocycles. The molecule has 0 radical (unpaired) electrons. The molecule has 1 unspecified atom stereocenters. The summed E-state index contributed by atoms with van der Waals surface area (Å²) in [6.07, 6.45) is 0.983. The number of carbonyl (C=O) groups excluding carboxylic acids is 1. The Kier molecular flexibility index (Phi) is 10.0. The summed E-state index contributed by atoms with van der Waals surface area (Å²) in [5.74, 6) is 2.01. The summed E-state index contributed by atoms with van der Waals surface area (Å²) >= 11 is 1.55. The van der Waals surface area contributed by atoms with Crippen molar-refractivity contribution >= 4 is 34.7 Å². The van der Waals surface area contributed by atoms with Crippen molar-refractivity contribution in [1.29, 1.82) is 0 Å². The summed E-state index contributed by atoms with van der Waals surface area (Å²) in [6, 6.07) is 18.4. The predicted octanol–water partition coefficient (Wildman–Crippen LogP) is 8.03. The Bertz CT molecular complexity index is 1720. The summed E-state index contributed by atoms with van der Waals surface area (Å²) in [4.78, 5) is 23.7. The Morgan fingerprint density at radius 1 is 1.09 bits per heavy atom. The molecule has 2 heterocycles. The molecule has 0 aliphatic carbocycles. The van der Waals surface area contributed by atoms with Gasteiger partial charge in [-0.15, -0.1) is 18.3 Å². The van der Waals surface area contributed by atoms with Crippen molar-refractivity contribution in [2.45, 2.75) is 45.5 Å². The molecule has 1 atom stereocenters. The van der Waals surface area contributed by atoms with Crippen molar-refractivity contribution in [3.8, 4) is 28.6 Å². The number of nitrogens with one attached hydrogen (secondary N) is 1. The number of methoxy groups -OCH3 is 1. The molecule has 0 spiro atoms. The minimum atomic E-state index is -4.76. The quantitative estimate of drug-likeness (QED) is 0.206. The summed E-state index contributed by atoms with van der Waals surface area (Å²) in [6.45, 7) is 6.41. The third-order valence-electron chi connectivity index (χ3n) is 7.21. The van der Waals surface area contributed by atoms with Gasteiger partial charge in [0, 0.05) is 29.6 Å². The van der Waals surface area contributed by atoms with Crippen LogP contribution < -0.4 is 19.7 Å². The van der Waals surface area contributed by atoms with Gasteiger partial charge >= 0.3 is 12.4 Å². The molecule has 0 bridgehead atoms. The van der Waals surface area contributed by atoms with Gasteiger partial charge < -0.3 is 19.7 Å². The molecule has 9 nitrogen and oxygen atoms in total. The van der Waals surface area contributed by atoms with Gasteiger partial charge in [0.15, 0.2) is 11.0 Å². The van der Waals surface area contributed by atoms with E-state index < -0.39 is 12.4 Å². The van der Waals surface area contributed by atoms with Crippen LogP contribution in [0.4, 0.5) is 23.7 Å². The molecule has 1 saturated heterocycles. The molecule has 5 rings (SSSR count). The SMILES string of the molecule is COc1ccc(C(C)C)c(N2C(=NC(=O)N/C=C/c3ccc(-c4ncn(-c5ccc(OC(F)(F)F)cc5)n4)cc3)SCCC2C)c1. The minimum Gasteiger partial charge on any atom is -0.497 e. The number of ether oxygens (including phenoxy) is 2. The Balaban J connectivity index is 1.23. The number of aromatic nitrogens is 3. The van der Waals surface area contributed by atoms with E-state index in [2.05, 4.69) is 56.9 Å². The van der Waals surface area contributed by atoms with Gasteiger partial charge in [-0.3, -0.25) is 0 Å². The maximum absolute atomic E-state index is 12.9. The first-order valence-corrected chi connectivity index (χ1v) is 15.5. The van der Waals surface area contributed by atoms with Crippen molar-refractivity contribution < 1.29 is 27.4 Å². The molecule has 0 saturated carbocycles. The van der Waals surface area contributed by atoms with Gasteiger partial charge in [0.2, 0.25) is 0 Å². The zero-order chi connectivity index (χ0) is 32.8. The standard InChI is InChI=1S/C33H33F3N6O3S/c1-21(2)28-14-13-27(44-4)19-29(28)42-22(3)16-18-46-32(42)39-31(43)37-17-15-23-5-7-24(8-6-23)30-38-20-41(40-30)25-9-11-26(12-10-25)45-33(34,35)36/h5-15,17,19-22H,16,18H2,1-4H3,(H,37,43)/b17-15+,39-32?. The molecule has 13 heteroatoms. The number of nitrogens with zero attached hydrogens (tertiary/aromatic N) is 5. The fourth-order valence-corrected chi connectivity index (χ4v) is 6.08. The first-order valence-electron chi connectivity index (χ1n) is 14.5. The second-order valence-corrected chi connectivity index (χ2v) is 11.9. The normalized spacial score (nSPS) is 16.3. The zero-order valence-corrected chi connectivity index (χ0v) is 26.5. The van der Waals surface area contributed by atoms with Crippen LogP contribution in [-0.2, 0) is 0 Å². The van der Waals surface area contributed by atoms with Crippen molar-refractivity contribution in [2.75, 3.05) is 17.8 Å². The van der Waals surface area contributed by atoms with E-state index in [0.717, 1.165) is 40.3 Å². The molecule has 1 N–H and O–H groups in total. The van der Waals surface area contributed by atoms with Gasteiger partial charge in [-0.2, -0.15) is 4.99 Å². The number of rotatable bonds is 8. The summed E-state index contributed by atoms with van der Waals surface area (Å²) in [7, 11) is 1.64. The van der Waals surface area contributed by atoms with Crippen LogP contribution in [0.25, 0.3) is 23.2 Å². The number of aliphatic imine (C=N–C) groups is 1. The van der Waals surface area contributed by atoms with Gasteiger partial charge in [0.25, 0.3) is 0 Å². The highest BCUT2D eigenvalue weighted by Gasteiger charge is 2.31. The van der Waals surface area contributed by atoms with Crippen molar-refractivity contribution in [1.82, 2.24) is 20.1 Å². The first-order chi connectivity index (χ1) is 22.0. The summed E-state index contributed by atoms with van der Waals surface area (Å²) in [5, 5.41) is 7.80. The number of amides is 2. The van der Waals surface area contributed by atoms with Crippen LogP contribution in [0.3, 0.4) is 0 Å². The van der Waals surface area contributed by atoms with E-state index in [9.17, 15) is 18.0 Å². The largest absolute Gasteiger partial charge is 0.573 e. The number of amidine groups is 1. The highest BCUT2D eigenvalue weighted by molar-refractivity contribution is 8.14. The lowest BCUT2D eigenvalue weighted by molar-refractivity contribution is -0.274. The minimum absolute atomic E-state index is 0.158. The number of halogens is 3. The van der Waals surface area contributed by atoms with E-state index in [4.69, 9.17) is 4.74 Å². The number of urea groups is 1. The van der Waals surface area contributed by atoms with Crippen LogP contribution in [0.5, 0.6) is 11.5 Å².